The highest BCUT2D eigenvalue weighted by atomic mass is 79.9. The highest BCUT2D eigenvalue weighted by Crippen LogP contribution is 2.42. The summed E-state index contributed by atoms with van der Waals surface area (Å²) in [5.74, 6) is -2.28. The number of esters is 1. The predicted molar refractivity (Wildman–Crippen MR) is 475 cm³/mol. The zero-order chi connectivity index (χ0) is 85.6. The Kier molecular flexibility index (Phi) is 25.9. The molecular weight excluding hydrogens is 1690 g/mol. The van der Waals surface area contributed by atoms with E-state index in [-0.39, 0.29) is 69.1 Å². The quantitative estimate of drug-likeness (QED) is 0.0399. The number of H-pyrrole nitrogens is 5. The van der Waals surface area contributed by atoms with Crippen LogP contribution in [0, 0.1) is 48.1 Å². The summed E-state index contributed by atoms with van der Waals surface area (Å²) >= 11 is 11.7. The summed E-state index contributed by atoms with van der Waals surface area (Å²) in [4.78, 5) is 160. The number of aromatic carboxylic acids is 1. The Balaban J connectivity index is 0.000000139. The number of benzene rings is 5. The molecule has 3 amide bonds. The first-order valence-electron chi connectivity index (χ1n) is 34.7. The molecular formula is C79H69BrN20O12S6. The first-order chi connectivity index (χ1) is 56.1. The number of carboxylic acid groups (broad SMARTS) is 1. The van der Waals surface area contributed by atoms with Gasteiger partial charge in [0.05, 0.1) is 55.0 Å². The van der Waals surface area contributed by atoms with E-state index in [4.69, 9.17) is 62.3 Å². The fourth-order valence-electron chi connectivity index (χ4n) is 12.2. The van der Waals surface area contributed by atoms with E-state index < -0.39 is 23.7 Å². The molecule has 11 heterocycles. The standard InChI is InChI=1S/3C14H12N4O2S.C14H10N4OS.C14H11N3O3S.C9H12BrNO2S/c3*1-6-9-12(20)17-14(16)18-13(9)21-10(6)7-3-2-4-8(5-7)11(15)19;1-7-10-12(19)17-14(15)18-13(10)20-11(7)8-4-3-5-9(6-8)16-2;1-6-9-11(18)16-14(15)17-12(9)21-10(6)7-3-2-4-8(5-7)13(19)20;1-4-13-9(12)6-5(2)7(10)14-8(6)11-3/h3*2-5H,1H3,(H2,15,19)(H3,16,17,18,20);3-6H,1H3,(H3,15,17,18,19);2-5H,1H3,(H,19,20)(H3,15,16,17,18);11H,4H2,1-3H3. The van der Waals surface area contributed by atoms with E-state index in [1.165, 1.54) is 74.1 Å². The van der Waals surface area contributed by atoms with Crippen molar-refractivity contribution in [2.24, 2.45) is 17.2 Å². The van der Waals surface area contributed by atoms with Crippen LogP contribution in [0.1, 0.15) is 92.1 Å². The number of fused-ring (bicyclic) bond motifs is 5. The van der Waals surface area contributed by atoms with Crippen molar-refractivity contribution in [1.82, 2.24) is 49.8 Å². The molecule has 0 unspecified atom stereocenters. The topological polar surface area (TPSA) is 568 Å². The monoisotopic (exact) mass is 1760 g/mol. The van der Waals surface area contributed by atoms with Gasteiger partial charge >= 0.3 is 11.9 Å². The molecule has 118 heavy (non-hydrogen) atoms. The van der Waals surface area contributed by atoms with Crippen molar-refractivity contribution in [3.05, 3.63) is 249 Å². The van der Waals surface area contributed by atoms with Crippen LogP contribution < -0.4 is 79.0 Å². The number of aromatic amines is 5. The van der Waals surface area contributed by atoms with Crippen molar-refractivity contribution in [2.45, 2.75) is 48.5 Å². The number of nitrogens with zero attached hydrogens (tertiary/aromatic N) is 6. The van der Waals surface area contributed by atoms with Crippen molar-refractivity contribution < 1.29 is 33.8 Å². The fourth-order valence-corrected chi connectivity index (χ4v) is 19.7. The lowest BCUT2D eigenvalue weighted by Gasteiger charge is -2.03. The molecule has 0 bridgehead atoms. The molecule has 16 rings (SSSR count). The zero-order valence-corrected chi connectivity index (χ0v) is 69.8. The van der Waals surface area contributed by atoms with E-state index in [2.05, 4.69) is 75.9 Å². The van der Waals surface area contributed by atoms with Gasteiger partial charge in [-0.15, -0.1) is 68.0 Å². The number of carbonyl (C=O) groups excluding carboxylic acids is 4. The third kappa shape index (κ3) is 18.3. The third-order valence-electron chi connectivity index (χ3n) is 17.7. The summed E-state index contributed by atoms with van der Waals surface area (Å²) < 4.78 is 5.93. The summed E-state index contributed by atoms with van der Waals surface area (Å²) in [6, 6.07) is 34.8. The highest BCUT2D eigenvalue weighted by molar-refractivity contribution is 9.11. The normalized spacial score (nSPS) is 10.7. The Morgan fingerprint density at radius 1 is 0.432 bits per heavy atom. The van der Waals surface area contributed by atoms with Crippen molar-refractivity contribution >= 4 is 205 Å². The van der Waals surface area contributed by atoms with Crippen molar-refractivity contribution in [1.29, 1.82) is 0 Å². The third-order valence-corrected chi connectivity index (χ3v) is 26.1. The number of halogens is 1. The van der Waals surface area contributed by atoms with Crippen LogP contribution in [0.25, 0.3) is 108 Å². The molecule has 0 saturated carbocycles. The summed E-state index contributed by atoms with van der Waals surface area (Å²) in [5, 5.41) is 15.5. The van der Waals surface area contributed by atoms with Gasteiger partial charge in [-0.3, -0.25) is 63.3 Å². The van der Waals surface area contributed by atoms with E-state index in [9.17, 15) is 47.9 Å². The van der Waals surface area contributed by atoms with Gasteiger partial charge in [-0.25, -0.2) is 39.4 Å². The van der Waals surface area contributed by atoms with Gasteiger partial charge in [0.25, 0.3) is 27.8 Å². The van der Waals surface area contributed by atoms with Gasteiger partial charge in [0, 0.05) is 48.1 Å². The first kappa shape index (κ1) is 85.0. The van der Waals surface area contributed by atoms with Crippen LogP contribution in [-0.2, 0) is 4.74 Å². The van der Waals surface area contributed by atoms with Crippen LogP contribution in [0.2, 0.25) is 0 Å². The molecule has 23 N–H and O–H groups in total. The molecule has 5 aromatic carbocycles. The second-order valence-electron chi connectivity index (χ2n) is 25.5. The lowest BCUT2D eigenvalue weighted by Crippen LogP contribution is -2.10. The van der Waals surface area contributed by atoms with Crippen molar-refractivity contribution in [3.63, 3.8) is 0 Å². The average molecular weight is 1760 g/mol. The molecule has 0 radical (unpaired) electrons. The number of aromatic nitrogens is 10. The highest BCUT2D eigenvalue weighted by Gasteiger charge is 2.24. The Morgan fingerprint density at radius 2 is 0.695 bits per heavy atom. The predicted octanol–water partition coefficient (Wildman–Crippen LogP) is 13.3. The van der Waals surface area contributed by atoms with E-state index in [0.29, 0.717) is 85.6 Å². The van der Waals surface area contributed by atoms with Crippen LogP contribution in [-0.4, -0.2) is 98.3 Å². The molecule has 0 spiro atoms. The van der Waals surface area contributed by atoms with Crippen LogP contribution in [0.15, 0.2) is 149 Å². The minimum absolute atomic E-state index is 0.0691. The molecule has 32 nitrogen and oxygen atoms in total. The number of carboxylic acids is 1. The van der Waals surface area contributed by atoms with Crippen molar-refractivity contribution in [3.8, 4) is 52.2 Å². The maximum atomic E-state index is 12.0. The number of carbonyl (C=O) groups is 5. The second-order valence-corrected chi connectivity index (χ2v) is 32.8. The number of nitrogen functional groups attached to an aromatic ring is 5. The minimum Gasteiger partial charge on any atom is -0.478 e. The van der Waals surface area contributed by atoms with Gasteiger partial charge < -0.3 is 61.0 Å². The van der Waals surface area contributed by atoms with Gasteiger partial charge in [-0.2, -0.15) is 0 Å². The second kappa shape index (κ2) is 35.9. The number of anilines is 6. The molecule has 0 saturated heterocycles. The number of primary amides is 3. The Labute approximate surface area is 698 Å². The molecule has 16 aromatic rings. The Hall–Kier alpha value is -13.9. The van der Waals surface area contributed by atoms with Crippen molar-refractivity contribution in [2.75, 3.05) is 47.6 Å². The molecule has 0 aliphatic heterocycles. The van der Waals surface area contributed by atoms with E-state index in [0.717, 1.165) is 94.4 Å². The summed E-state index contributed by atoms with van der Waals surface area (Å²) in [5.41, 5.74) is 54.2. The SMILES string of the molecule is CCOC(=O)c1c(NC)sc(Br)c1C.Cc1c(-c2cccc(C(=O)O)c2)sc2nc(N)[nH]c(=O)c12.Cc1c(-c2cccc(C(N)=O)c2)sc2nc(N)[nH]c(=O)c12.Cc1c(-c2cccc(C(N)=O)c2)sc2nc(N)[nH]c(=O)c12.Cc1c(-c2cccc(C(N)=O)c2)sc2nc(N)[nH]c(=O)c12.[C-]#[N+]c1cccc(-c2sc3nc(N)[nH]c(=O)c3c2C)c1. The zero-order valence-electron chi connectivity index (χ0n) is 63.3. The van der Waals surface area contributed by atoms with E-state index in [1.807, 2.05) is 84.0 Å². The lowest BCUT2D eigenvalue weighted by atomic mass is 10.1. The van der Waals surface area contributed by atoms with Crippen LogP contribution in [0.4, 0.5) is 40.4 Å². The molecule has 0 aliphatic rings. The maximum absolute atomic E-state index is 12.0. The number of amides is 3. The number of ether oxygens (including phenoxy) is 1. The molecule has 11 aromatic heterocycles. The Morgan fingerprint density at radius 3 is 0.949 bits per heavy atom. The molecule has 39 heteroatoms. The average Bonchev–Trinajstić information content (AvgIpc) is 1.66. The van der Waals surface area contributed by atoms with Gasteiger partial charge in [0.1, 0.15) is 29.2 Å². The number of hydrogen-bond donors (Lipinski definition) is 15. The van der Waals surface area contributed by atoms with Gasteiger partial charge in [-0.1, -0.05) is 66.7 Å². The Bertz CT molecular complexity index is 6490. The number of thiophene rings is 6. The molecule has 0 atom stereocenters. The van der Waals surface area contributed by atoms with Crippen LogP contribution in [0.5, 0.6) is 0 Å². The fraction of sp³-hybridized carbons (Fsp3) is 0.114. The number of aryl methyl sites for hydroxylation is 5. The smallest absolute Gasteiger partial charge is 0.341 e. The van der Waals surface area contributed by atoms with E-state index >= 15 is 0 Å². The van der Waals surface area contributed by atoms with Crippen LogP contribution in [0.3, 0.4) is 0 Å². The largest absolute Gasteiger partial charge is 0.478 e. The molecule has 0 aliphatic carbocycles. The van der Waals surface area contributed by atoms with Gasteiger partial charge in [-0.05, 0) is 180 Å². The molecule has 0 fully saturated rings. The first-order valence-corrected chi connectivity index (χ1v) is 40.4. The minimum atomic E-state index is -0.990. The van der Waals surface area contributed by atoms with Gasteiger partial charge in [0.2, 0.25) is 47.5 Å². The summed E-state index contributed by atoms with van der Waals surface area (Å²) in [7, 11) is 1.79. The van der Waals surface area contributed by atoms with E-state index in [1.54, 1.807) is 86.8 Å². The summed E-state index contributed by atoms with van der Waals surface area (Å²) in [6.45, 7) is 20.4. The summed E-state index contributed by atoms with van der Waals surface area (Å²) in [6.07, 6.45) is 0. The van der Waals surface area contributed by atoms with Crippen LogP contribution >= 0.6 is 84.0 Å². The lowest BCUT2D eigenvalue weighted by molar-refractivity contribution is 0.0526. The molecule has 600 valence electrons. The number of nitrogens with one attached hydrogen (secondary N) is 6. The number of hydrogen-bond acceptors (Lipinski definition) is 28. The van der Waals surface area contributed by atoms with Gasteiger partial charge in [0.15, 0.2) is 5.69 Å². The number of nitrogens with two attached hydrogens (primary N) is 8. The maximum Gasteiger partial charge on any atom is 0.341 e. The number of rotatable bonds is 12.